The molecule has 5 heteroatoms. The van der Waals surface area contributed by atoms with Crippen LogP contribution in [0.2, 0.25) is 0 Å². The summed E-state index contributed by atoms with van der Waals surface area (Å²) in [5.41, 5.74) is 2.56. The smallest absolute Gasteiger partial charge is 0.167 e. The van der Waals surface area contributed by atoms with Crippen LogP contribution in [-0.4, -0.2) is 19.8 Å². The van der Waals surface area contributed by atoms with Gasteiger partial charge in [0.15, 0.2) is 5.76 Å². The number of aliphatic hydroxyl groups excluding tert-OH is 1. The van der Waals surface area contributed by atoms with E-state index in [1.165, 1.54) is 0 Å². The summed E-state index contributed by atoms with van der Waals surface area (Å²) >= 11 is 0. The zero-order chi connectivity index (χ0) is 17.1. The molecule has 124 valence electrons. The van der Waals surface area contributed by atoms with Gasteiger partial charge in [-0.2, -0.15) is 0 Å². The summed E-state index contributed by atoms with van der Waals surface area (Å²) in [6.07, 6.45) is 2.73. The van der Waals surface area contributed by atoms with Crippen LogP contribution in [0.5, 0.6) is 0 Å². The Labute approximate surface area is 145 Å². The third kappa shape index (κ3) is 3.22. The molecule has 0 aliphatic carbocycles. The number of rotatable bonds is 5. The van der Waals surface area contributed by atoms with Crippen molar-refractivity contribution >= 4 is 0 Å². The number of hydrogen-bond donors (Lipinski definition) is 1. The molecule has 0 amide bonds. The predicted octanol–water partition coefficient (Wildman–Crippen LogP) is 3.67. The third-order valence-corrected chi connectivity index (χ3v) is 4.06. The normalized spacial score (nSPS) is 12.2. The minimum absolute atomic E-state index is 0.482. The average molecular weight is 331 g/mol. The molecule has 0 radical (unpaired) electrons. The summed E-state index contributed by atoms with van der Waals surface area (Å²) in [5.74, 6) is 1.30. The van der Waals surface area contributed by atoms with Crippen LogP contribution in [0, 0.1) is 0 Å². The lowest BCUT2D eigenvalue weighted by molar-refractivity contribution is 0.205. The Bertz CT molecular complexity index is 945. The number of benzene rings is 2. The maximum atomic E-state index is 10.6. The number of aliphatic hydroxyl groups is 1. The minimum atomic E-state index is -0.781. The molecule has 2 aromatic carbocycles. The predicted molar refractivity (Wildman–Crippen MR) is 93.8 cm³/mol. The first-order chi connectivity index (χ1) is 12.3. The fourth-order valence-electron chi connectivity index (χ4n) is 2.79. The van der Waals surface area contributed by atoms with Crippen LogP contribution in [0.25, 0.3) is 11.3 Å². The van der Waals surface area contributed by atoms with Gasteiger partial charge in [0.05, 0.1) is 6.54 Å². The molecule has 4 aromatic rings. The summed E-state index contributed by atoms with van der Waals surface area (Å²) in [6, 6.07) is 21.2. The van der Waals surface area contributed by atoms with Crippen LogP contribution in [0.1, 0.15) is 23.2 Å². The Kier molecular flexibility index (Phi) is 4.14. The molecular weight excluding hydrogens is 314 g/mol. The van der Waals surface area contributed by atoms with E-state index in [-0.39, 0.29) is 0 Å². The minimum Gasteiger partial charge on any atom is -0.380 e. The second-order valence-corrected chi connectivity index (χ2v) is 5.78. The fourth-order valence-corrected chi connectivity index (χ4v) is 2.79. The van der Waals surface area contributed by atoms with E-state index in [1.807, 2.05) is 77.5 Å². The van der Waals surface area contributed by atoms with Crippen LogP contribution in [0.4, 0.5) is 0 Å². The zero-order valence-electron chi connectivity index (χ0n) is 13.5. The first-order valence-electron chi connectivity index (χ1n) is 8.06. The van der Waals surface area contributed by atoms with Crippen molar-refractivity contribution in [2.75, 3.05) is 0 Å². The van der Waals surface area contributed by atoms with E-state index < -0.39 is 6.10 Å². The van der Waals surface area contributed by atoms with Gasteiger partial charge in [0, 0.05) is 24.0 Å². The SMILES string of the molecule is O[C@@H](c1ccccc1)c1nccn1Cc1cc(-c2ccccc2)on1. The van der Waals surface area contributed by atoms with Crippen LogP contribution in [0.15, 0.2) is 83.6 Å². The largest absolute Gasteiger partial charge is 0.380 e. The molecule has 25 heavy (non-hydrogen) atoms. The van der Waals surface area contributed by atoms with Crippen molar-refractivity contribution in [3.63, 3.8) is 0 Å². The summed E-state index contributed by atoms with van der Waals surface area (Å²) in [6.45, 7) is 0.482. The first-order valence-corrected chi connectivity index (χ1v) is 8.06. The van der Waals surface area contributed by atoms with Gasteiger partial charge in [-0.15, -0.1) is 0 Å². The first kappa shape index (κ1) is 15.4. The summed E-state index contributed by atoms with van der Waals surface area (Å²) in [5, 5.41) is 14.7. The molecule has 0 aliphatic rings. The van der Waals surface area contributed by atoms with E-state index in [0.717, 1.165) is 22.6 Å². The quantitative estimate of drug-likeness (QED) is 0.606. The monoisotopic (exact) mass is 331 g/mol. The van der Waals surface area contributed by atoms with Crippen LogP contribution in [0.3, 0.4) is 0 Å². The fraction of sp³-hybridized carbons (Fsp3) is 0.100. The molecule has 2 aromatic heterocycles. The summed E-state index contributed by atoms with van der Waals surface area (Å²) < 4.78 is 7.32. The van der Waals surface area contributed by atoms with Crippen molar-refractivity contribution in [3.05, 3.63) is 96.2 Å². The highest BCUT2D eigenvalue weighted by molar-refractivity contribution is 5.56. The molecule has 1 N–H and O–H groups in total. The van der Waals surface area contributed by atoms with E-state index in [1.54, 1.807) is 6.20 Å². The molecule has 0 unspecified atom stereocenters. The number of hydrogen-bond acceptors (Lipinski definition) is 4. The van der Waals surface area contributed by atoms with E-state index in [4.69, 9.17) is 4.52 Å². The molecule has 4 rings (SSSR count). The highest BCUT2D eigenvalue weighted by atomic mass is 16.5. The van der Waals surface area contributed by atoms with Gasteiger partial charge in [-0.3, -0.25) is 0 Å². The van der Waals surface area contributed by atoms with Crippen molar-refractivity contribution < 1.29 is 9.63 Å². The van der Waals surface area contributed by atoms with Gasteiger partial charge in [0.2, 0.25) is 0 Å². The number of imidazole rings is 1. The van der Waals surface area contributed by atoms with Gasteiger partial charge in [-0.25, -0.2) is 4.98 Å². The Balaban J connectivity index is 1.57. The van der Waals surface area contributed by atoms with Crippen molar-refractivity contribution in [2.24, 2.45) is 0 Å². The molecule has 5 nitrogen and oxygen atoms in total. The van der Waals surface area contributed by atoms with E-state index in [2.05, 4.69) is 10.1 Å². The van der Waals surface area contributed by atoms with Gasteiger partial charge < -0.3 is 14.2 Å². The van der Waals surface area contributed by atoms with Gasteiger partial charge in [0.1, 0.15) is 17.6 Å². The molecule has 0 saturated carbocycles. The molecule has 0 aliphatic heterocycles. The van der Waals surface area contributed by atoms with E-state index in [0.29, 0.717) is 12.4 Å². The van der Waals surface area contributed by atoms with Crippen LogP contribution >= 0.6 is 0 Å². The molecule has 2 heterocycles. The second-order valence-electron chi connectivity index (χ2n) is 5.78. The maximum absolute atomic E-state index is 10.6. The van der Waals surface area contributed by atoms with Crippen molar-refractivity contribution in [3.8, 4) is 11.3 Å². The van der Waals surface area contributed by atoms with Crippen molar-refractivity contribution in [2.45, 2.75) is 12.6 Å². The molecule has 0 bridgehead atoms. The topological polar surface area (TPSA) is 64.1 Å². The van der Waals surface area contributed by atoms with Crippen molar-refractivity contribution in [1.82, 2.24) is 14.7 Å². The maximum Gasteiger partial charge on any atom is 0.167 e. The Morgan fingerprint density at radius 2 is 1.72 bits per heavy atom. The lowest BCUT2D eigenvalue weighted by atomic mass is 10.1. The molecular formula is C20H17N3O2. The highest BCUT2D eigenvalue weighted by Crippen LogP contribution is 2.23. The lowest BCUT2D eigenvalue weighted by Gasteiger charge is -2.12. The Morgan fingerprint density at radius 1 is 1.00 bits per heavy atom. The second kappa shape index (κ2) is 6.75. The molecule has 0 fully saturated rings. The Morgan fingerprint density at radius 3 is 2.48 bits per heavy atom. The molecule has 0 spiro atoms. The van der Waals surface area contributed by atoms with Gasteiger partial charge in [0.25, 0.3) is 0 Å². The van der Waals surface area contributed by atoms with Crippen LogP contribution in [-0.2, 0) is 6.54 Å². The van der Waals surface area contributed by atoms with Crippen molar-refractivity contribution in [1.29, 1.82) is 0 Å². The molecule has 1 atom stereocenters. The number of nitrogens with zero attached hydrogens (tertiary/aromatic N) is 3. The van der Waals surface area contributed by atoms with Gasteiger partial charge in [-0.1, -0.05) is 65.8 Å². The number of aromatic nitrogens is 3. The van der Waals surface area contributed by atoms with E-state index >= 15 is 0 Å². The van der Waals surface area contributed by atoms with Crippen LogP contribution < -0.4 is 0 Å². The highest BCUT2D eigenvalue weighted by Gasteiger charge is 2.17. The van der Waals surface area contributed by atoms with E-state index in [9.17, 15) is 5.11 Å². The summed E-state index contributed by atoms with van der Waals surface area (Å²) in [4.78, 5) is 4.31. The Hall–Kier alpha value is -3.18. The van der Waals surface area contributed by atoms with Gasteiger partial charge in [-0.05, 0) is 5.56 Å². The lowest BCUT2D eigenvalue weighted by Crippen LogP contribution is -2.10. The van der Waals surface area contributed by atoms with Gasteiger partial charge >= 0.3 is 0 Å². The zero-order valence-corrected chi connectivity index (χ0v) is 13.5. The summed E-state index contributed by atoms with van der Waals surface area (Å²) in [7, 11) is 0. The standard InChI is InChI=1S/C20H17N3O2/c24-19(16-9-5-2-6-10-16)20-21-11-12-23(20)14-17-13-18(25-22-17)15-7-3-1-4-8-15/h1-13,19,24H,14H2/t19-/m0/s1. The third-order valence-electron chi connectivity index (χ3n) is 4.06. The molecule has 0 saturated heterocycles. The average Bonchev–Trinajstić information content (AvgIpc) is 3.33.